The molecule has 2 fully saturated rings. The number of fused-ring (bicyclic) bond motifs is 2. The molecule has 2 aromatic heterocycles. The van der Waals surface area contributed by atoms with Gasteiger partial charge in [0.2, 0.25) is 5.91 Å². The zero-order chi connectivity index (χ0) is 28.3. The van der Waals surface area contributed by atoms with E-state index in [0.29, 0.717) is 66.0 Å². The minimum atomic E-state index is -0.240. The Balaban J connectivity index is 1.06. The van der Waals surface area contributed by atoms with Gasteiger partial charge in [-0.25, -0.2) is 9.97 Å². The zero-order valence-electron chi connectivity index (χ0n) is 22.9. The second-order valence-corrected chi connectivity index (χ2v) is 10.6. The van der Waals surface area contributed by atoms with Gasteiger partial charge in [0.25, 0.3) is 11.5 Å². The van der Waals surface area contributed by atoms with E-state index in [1.54, 1.807) is 31.4 Å². The van der Waals surface area contributed by atoms with E-state index < -0.39 is 0 Å². The summed E-state index contributed by atoms with van der Waals surface area (Å²) >= 11 is 0. The van der Waals surface area contributed by atoms with Crippen LogP contribution < -0.4 is 20.5 Å². The number of para-hydroxylation sites is 1. The summed E-state index contributed by atoms with van der Waals surface area (Å²) in [6, 6.07) is 18.8. The molecule has 2 aliphatic rings. The van der Waals surface area contributed by atoms with Gasteiger partial charge in [0.05, 0.1) is 10.9 Å². The number of amides is 2. The smallest absolute Gasteiger partial charge is 0.258 e. The summed E-state index contributed by atoms with van der Waals surface area (Å²) in [6.45, 7) is 3.43. The Morgan fingerprint density at radius 1 is 1.00 bits per heavy atom. The molecule has 10 heteroatoms. The van der Waals surface area contributed by atoms with Crippen LogP contribution in [0.5, 0.6) is 5.75 Å². The number of benzene rings is 2. The molecule has 0 saturated carbocycles. The van der Waals surface area contributed by atoms with Crippen LogP contribution in [-0.2, 0) is 17.8 Å². The third-order valence-corrected chi connectivity index (χ3v) is 7.96. The molecule has 6 rings (SSSR count). The highest BCUT2D eigenvalue weighted by molar-refractivity contribution is 5.93. The number of aryl methyl sites for hydroxylation is 1. The quantitative estimate of drug-likeness (QED) is 0.345. The number of H-pyrrole nitrogens is 1. The maximum absolute atomic E-state index is 13.1. The van der Waals surface area contributed by atoms with Crippen molar-refractivity contribution >= 4 is 28.5 Å². The molecule has 10 nitrogen and oxygen atoms in total. The van der Waals surface area contributed by atoms with Gasteiger partial charge in [0, 0.05) is 64.1 Å². The molecule has 2 atom stereocenters. The van der Waals surface area contributed by atoms with Crippen LogP contribution >= 0.6 is 0 Å². The van der Waals surface area contributed by atoms with Crippen LogP contribution in [0.3, 0.4) is 0 Å². The van der Waals surface area contributed by atoms with Crippen molar-refractivity contribution in [2.24, 2.45) is 11.8 Å². The highest BCUT2D eigenvalue weighted by Crippen LogP contribution is 2.33. The number of rotatable bonds is 8. The number of hydrogen-bond donors (Lipinski definition) is 2. The number of hydrogen-bond acceptors (Lipinski definition) is 7. The monoisotopic (exact) mass is 552 g/mol. The van der Waals surface area contributed by atoms with Crippen molar-refractivity contribution in [3.63, 3.8) is 0 Å². The predicted molar refractivity (Wildman–Crippen MR) is 155 cm³/mol. The van der Waals surface area contributed by atoms with E-state index >= 15 is 0 Å². The number of nitrogens with zero attached hydrogens (tertiary/aromatic N) is 4. The van der Waals surface area contributed by atoms with Gasteiger partial charge in [-0.1, -0.05) is 36.4 Å². The SMILES string of the molecule is CNC(=O)c1ccc(N2C[C@H]3CN(C(=O)CCc4nc5c(OCc6ccccc6)cccc5c(=O)[nH]4)C[C@H]3C2)nc1. The van der Waals surface area contributed by atoms with E-state index in [9.17, 15) is 14.4 Å². The third kappa shape index (κ3) is 5.63. The molecule has 0 aliphatic carbocycles. The van der Waals surface area contributed by atoms with Crippen LogP contribution in [0.25, 0.3) is 10.9 Å². The fourth-order valence-corrected chi connectivity index (χ4v) is 5.77. The Labute approximate surface area is 237 Å². The Morgan fingerprint density at radius 3 is 2.49 bits per heavy atom. The first-order valence-electron chi connectivity index (χ1n) is 13.9. The van der Waals surface area contributed by atoms with Crippen molar-refractivity contribution in [3.05, 3.63) is 94.2 Å². The molecule has 4 aromatic rings. The van der Waals surface area contributed by atoms with E-state index in [1.807, 2.05) is 47.4 Å². The van der Waals surface area contributed by atoms with Gasteiger partial charge in [0.15, 0.2) is 0 Å². The van der Waals surface area contributed by atoms with Gasteiger partial charge in [-0.15, -0.1) is 0 Å². The lowest BCUT2D eigenvalue weighted by Gasteiger charge is -2.22. The molecule has 2 aromatic carbocycles. The van der Waals surface area contributed by atoms with Crippen molar-refractivity contribution in [2.45, 2.75) is 19.4 Å². The maximum atomic E-state index is 13.1. The number of carbonyl (C=O) groups is 2. The first-order valence-corrected chi connectivity index (χ1v) is 13.9. The number of ether oxygens (including phenoxy) is 1. The van der Waals surface area contributed by atoms with Gasteiger partial charge < -0.3 is 24.8 Å². The molecule has 0 spiro atoms. The summed E-state index contributed by atoms with van der Waals surface area (Å²) in [6.07, 6.45) is 2.21. The molecular formula is C31H32N6O4. The van der Waals surface area contributed by atoms with Crippen molar-refractivity contribution in [2.75, 3.05) is 38.1 Å². The fraction of sp³-hybridized carbons (Fsp3) is 0.323. The summed E-state index contributed by atoms with van der Waals surface area (Å²) in [7, 11) is 1.60. The number of carbonyl (C=O) groups excluding carboxylic acids is 2. The molecule has 41 heavy (non-hydrogen) atoms. The largest absolute Gasteiger partial charge is 0.487 e. The molecule has 2 aliphatic heterocycles. The van der Waals surface area contributed by atoms with Crippen molar-refractivity contribution < 1.29 is 14.3 Å². The number of likely N-dealkylation sites (tertiary alicyclic amines) is 1. The second-order valence-electron chi connectivity index (χ2n) is 10.6. The third-order valence-electron chi connectivity index (χ3n) is 7.96. The minimum Gasteiger partial charge on any atom is -0.487 e. The molecule has 2 N–H and O–H groups in total. The van der Waals surface area contributed by atoms with Crippen LogP contribution in [0.15, 0.2) is 71.7 Å². The Bertz CT molecular complexity index is 1610. The highest BCUT2D eigenvalue weighted by Gasteiger charge is 2.41. The summed E-state index contributed by atoms with van der Waals surface area (Å²) < 4.78 is 6.01. The Morgan fingerprint density at radius 2 is 1.78 bits per heavy atom. The van der Waals surface area contributed by atoms with Gasteiger partial charge in [-0.2, -0.15) is 0 Å². The number of anilines is 1. The van der Waals surface area contributed by atoms with E-state index in [-0.39, 0.29) is 23.8 Å². The number of nitrogens with one attached hydrogen (secondary N) is 2. The molecule has 2 amide bonds. The lowest BCUT2D eigenvalue weighted by Crippen LogP contribution is -2.33. The molecule has 0 unspecified atom stereocenters. The summed E-state index contributed by atoms with van der Waals surface area (Å²) in [4.78, 5) is 53.9. The maximum Gasteiger partial charge on any atom is 0.258 e. The summed E-state index contributed by atoms with van der Waals surface area (Å²) in [5, 5.41) is 3.06. The highest BCUT2D eigenvalue weighted by atomic mass is 16.5. The summed E-state index contributed by atoms with van der Waals surface area (Å²) in [5.74, 6) is 2.53. The average Bonchev–Trinajstić information content (AvgIpc) is 3.59. The topological polar surface area (TPSA) is 121 Å². The first-order chi connectivity index (χ1) is 20.0. The zero-order valence-corrected chi connectivity index (χ0v) is 22.9. The van der Waals surface area contributed by atoms with Gasteiger partial charge in [-0.3, -0.25) is 14.4 Å². The molecule has 210 valence electrons. The molecular weight excluding hydrogens is 520 g/mol. The molecule has 0 radical (unpaired) electrons. The molecule has 2 saturated heterocycles. The van der Waals surface area contributed by atoms with Crippen LogP contribution in [0.4, 0.5) is 5.82 Å². The summed E-state index contributed by atoms with van der Waals surface area (Å²) in [5.41, 5.74) is 1.82. The minimum absolute atomic E-state index is 0.0652. The van der Waals surface area contributed by atoms with E-state index in [4.69, 9.17) is 4.74 Å². The molecule has 0 bridgehead atoms. The van der Waals surface area contributed by atoms with E-state index in [0.717, 1.165) is 24.5 Å². The van der Waals surface area contributed by atoms with Crippen molar-refractivity contribution in [1.29, 1.82) is 0 Å². The lowest BCUT2D eigenvalue weighted by molar-refractivity contribution is -0.130. The Hall–Kier alpha value is -4.73. The van der Waals surface area contributed by atoms with Crippen LogP contribution in [0.1, 0.15) is 28.2 Å². The number of pyridine rings is 1. The fourth-order valence-electron chi connectivity index (χ4n) is 5.77. The van der Waals surface area contributed by atoms with Crippen LogP contribution in [0, 0.1) is 11.8 Å². The van der Waals surface area contributed by atoms with E-state index in [1.165, 1.54) is 0 Å². The first kappa shape index (κ1) is 26.5. The van der Waals surface area contributed by atoms with Gasteiger partial charge in [0.1, 0.15) is 29.5 Å². The normalized spacial score (nSPS) is 18.0. The number of aromatic amines is 1. The van der Waals surface area contributed by atoms with Crippen LogP contribution in [-0.4, -0.2) is 64.9 Å². The lowest BCUT2D eigenvalue weighted by atomic mass is 10.0. The number of aromatic nitrogens is 3. The van der Waals surface area contributed by atoms with E-state index in [2.05, 4.69) is 25.2 Å². The average molecular weight is 553 g/mol. The molecule has 4 heterocycles. The van der Waals surface area contributed by atoms with Crippen LogP contribution in [0.2, 0.25) is 0 Å². The van der Waals surface area contributed by atoms with Crippen molar-refractivity contribution in [1.82, 2.24) is 25.2 Å². The van der Waals surface area contributed by atoms with Crippen molar-refractivity contribution in [3.8, 4) is 5.75 Å². The van der Waals surface area contributed by atoms with Gasteiger partial charge in [-0.05, 0) is 29.8 Å². The standard InChI is InChI=1S/C31H32N6O4/c1-32-30(39)21-10-12-27(33-14-21)36-15-22-17-37(18-23(22)16-36)28(38)13-11-26-34-29-24(31(40)35-26)8-5-9-25(29)41-19-20-6-3-2-4-7-20/h2-10,12,14,22-23H,11,13,15-19H2,1H3,(H,32,39)(H,34,35,40)/t22-,23+. The second kappa shape index (κ2) is 11.4. The predicted octanol–water partition coefficient (Wildman–Crippen LogP) is 2.78. The Kier molecular flexibility index (Phi) is 7.37. The van der Waals surface area contributed by atoms with Gasteiger partial charge >= 0.3 is 0 Å².